The minimum atomic E-state index is -1.82. The maximum atomic E-state index is 13.0. The van der Waals surface area contributed by atoms with Crippen molar-refractivity contribution in [3.63, 3.8) is 0 Å². The first-order chi connectivity index (χ1) is 15.6. The Hall–Kier alpha value is -3.21. The number of hydrogen-bond donors (Lipinski definition) is 3. The SMILES string of the molecule is O=C(O)C(=O)O.O=C(OCc1ccc([N+](=O)[O-])cc1)C1(c2ccc(Cl)c(Cl)c2)CCNCC1. The molecule has 0 amide bonds. The lowest BCUT2D eigenvalue weighted by molar-refractivity contribution is -0.384. The van der Waals surface area contributed by atoms with Crippen molar-refractivity contribution in [2.75, 3.05) is 13.1 Å². The number of carbonyl (C=O) groups excluding carboxylic acids is 1. The number of piperidine rings is 1. The molecular formula is C21H20Cl2N2O8. The second-order valence-electron chi connectivity index (χ2n) is 7.07. The zero-order valence-electron chi connectivity index (χ0n) is 17.1. The smallest absolute Gasteiger partial charge is 0.414 e. The Bertz CT molecular complexity index is 1030. The number of nitrogens with one attached hydrogen (secondary N) is 1. The van der Waals surface area contributed by atoms with Gasteiger partial charge in [0.2, 0.25) is 0 Å². The monoisotopic (exact) mass is 498 g/mol. The van der Waals surface area contributed by atoms with Gasteiger partial charge < -0.3 is 20.3 Å². The van der Waals surface area contributed by atoms with Crippen molar-refractivity contribution in [3.8, 4) is 0 Å². The standard InChI is InChI=1S/C19H18Cl2N2O4.C2H2O4/c20-16-6-3-14(11-17(16)21)19(7-9-22-10-8-19)18(24)27-12-13-1-4-15(5-2-13)23(25)26;3-1(4)2(5)6/h1-6,11,22H,7-10,12H2;(H,3,4)(H,5,6). The van der Waals surface area contributed by atoms with Gasteiger partial charge in [0.1, 0.15) is 6.61 Å². The van der Waals surface area contributed by atoms with Crippen LogP contribution in [0.25, 0.3) is 0 Å². The van der Waals surface area contributed by atoms with Crippen LogP contribution >= 0.6 is 23.2 Å². The molecule has 3 rings (SSSR count). The van der Waals surface area contributed by atoms with Crippen LogP contribution in [0.15, 0.2) is 42.5 Å². The molecule has 3 N–H and O–H groups in total. The van der Waals surface area contributed by atoms with Gasteiger partial charge in [-0.2, -0.15) is 0 Å². The summed E-state index contributed by atoms with van der Waals surface area (Å²) < 4.78 is 5.58. The summed E-state index contributed by atoms with van der Waals surface area (Å²) in [5, 5.41) is 29.6. The molecule has 33 heavy (non-hydrogen) atoms. The number of benzene rings is 2. The van der Waals surface area contributed by atoms with Crippen molar-refractivity contribution in [2.45, 2.75) is 24.9 Å². The summed E-state index contributed by atoms with van der Waals surface area (Å²) in [6.07, 6.45) is 1.17. The molecule has 0 unspecified atom stereocenters. The number of non-ortho nitro benzene ring substituents is 1. The van der Waals surface area contributed by atoms with Gasteiger partial charge >= 0.3 is 17.9 Å². The van der Waals surface area contributed by atoms with E-state index in [4.69, 9.17) is 47.7 Å². The third kappa shape index (κ3) is 6.88. The molecule has 1 saturated heterocycles. The van der Waals surface area contributed by atoms with Gasteiger partial charge in [-0.15, -0.1) is 0 Å². The van der Waals surface area contributed by atoms with E-state index >= 15 is 0 Å². The summed E-state index contributed by atoms with van der Waals surface area (Å²) in [5.41, 5.74) is 0.676. The van der Waals surface area contributed by atoms with Crippen LogP contribution in [0.3, 0.4) is 0 Å². The molecular weight excluding hydrogens is 479 g/mol. The minimum absolute atomic E-state index is 0.00397. The van der Waals surface area contributed by atoms with E-state index in [0.29, 0.717) is 41.5 Å². The largest absolute Gasteiger partial charge is 0.473 e. The summed E-state index contributed by atoms with van der Waals surface area (Å²) >= 11 is 12.2. The molecule has 12 heteroatoms. The van der Waals surface area contributed by atoms with Crippen molar-refractivity contribution in [1.82, 2.24) is 5.32 Å². The van der Waals surface area contributed by atoms with Crippen LogP contribution in [0.4, 0.5) is 5.69 Å². The Morgan fingerprint density at radius 2 is 1.58 bits per heavy atom. The van der Waals surface area contributed by atoms with E-state index in [2.05, 4.69) is 5.32 Å². The molecule has 1 heterocycles. The molecule has 10 nitrogen and oxygen atoms in total. The molecule has 0 spiro atoms. The van der Waals surface area contributed by atoms with Gasteiger partial charge in [0.05, 0.1) is 20.4 Å². The number of halogens is 2. The Kier molecular flexibility index (Phi) is 9.15. The number of hydrogen-bond acceptors (Lipinski definition) is 7. The maximum absolute atomic E-state index is 13.0. The predicted octanol–water partition coefficient (Wildman–Crippen LogP) is 3.42. The highest BCUT2D eigenvalue weighted by molar-refractivity contribution is 6.42. The highest BCUT2D eigenvalue weighted by Crippen LogP contribution is 2.38. The molecule has 0 aliphatic carbocycles. The number of nitro groups is 1. The number of rotatable bonds is 5. The minimum Gasteiger partial charge on any atom is -0.473 e. The molecule has 1 aliphatic rings. The Balaban J connectivity index is 0.000000569. The topological polar surface area (TPSA) is 156 Å². The van der Waals surface area contributed by atoms with Crippen LogP contribution in [0.1, 0.15) is 24.0 Å². The second-order valence-corrected chi connectivity index (χ2v) is 7.89. The first-order valence-electron chi connectivity index (χ1n) is 9.60. The number of carboxylic acid groups (broad SMARTS) is 2. The molecule has 0 saturated carbocycles. The Morgan fingerprint density at radius 1 is 1.00 bits per heavy atom. The fourth-order valence-corrected chi connectivity index (χ4v) is 3.56. The van der Waals surface area contributed by atoms with E-state index in [0.717, 1.165) is 5.56 Å². The summed E-state index contributed by atoms with van der Waals surface area (Å²) in [6, 6.07) is 11.2. The number of nitrogens with zero attached hydrogens (tertiary/aromatic N) is 1. The van der Waals surface area contributed by atoms with Gasteiger partial charge in [0.25, 0.3) is 5.69 Å². The normalized spacial score (nSPS) is 14.4. The fourth-order valence-electron chi connectivity index (χ4n) is 3.26. The van der Waals surface area contributed by atoms with E-state index < -0.39 is 22.3 Å². The third-order valence-electron chi connectivity index (χ3n) is 5.02. The summed E-state index contributed by atoms with van der Waals surface area (Å²) in [4.78, 5) is 41.5. The second kappa shape index (κ2) is 11.6. The zero-order chi connectivity index (χ0) is 24.6. The summed E-state index contributed by atoms with van der Waals surface area (Å²) in [5.74, 6) is -3.98. The van der Waals surface area contributed by atoms with Crippen molar-refractivity contribution >= 4 is 46.8 Å². The average molecular weight is 499 g/mol. The highest BCUT2D eigenvalue weighted by Gasteiger charge is 2.43. The molecule has 1 aliphatic heterocycles. The quantitative estimate of drug-likeness (QED) is 0.243. The molecule has 0 bridgehead atoms. The molecule has 1 fully saturated rings. The van der Waals surface area contributed by atoms with Crippen LogP contribution in [0, 0.1) is 10.1 Å². The Labute approximate surface area is 198 Å². The number of aliphatic carboxylic acids is 2. The van der Waals surface area contributed by atoms with Gasteiger partial charge in [-0.3, -0.25) is 14.9 Å². The number of carbonyl (C=O) groups is 3. The first-order valence-corrected chi connectivity index (χ1v) is 10.4. The van der Waals surface area contributed by atoms with Gasteiger partial charge in [0.15, 0.2) is 0 Å². The van der Waals surface area contributed by atoms with Crippen LogP contribution in [0.2, 0.25) is 10.0 Å². The van der Waals surface area contributed by atoms with Crippen molar-refractivity contribution < 1.29 is 34.3 Å². The van der Waals surface area contributed by atoms with Crippen molar-refractivity contribution in [2.24, 2.45) is 0 Å². The number of esters is 1. The van der Waals surface area contributed by atoms with Gasteiger partial charge in [-0.05, 0) is 61.3 Å². The number of nitro benzene ring substituents is 1. The fraction of sp³-hybridized carbons (Fsp3) is 0.286. The lowest BCUT2D eigenvalue weighted by atomic mass is 9.73. The third-order valence-corrected chi connectivity index (χ3v) is 5.76. The summed E-state index contributed by atoms with van der Waals surface area (Å²) in [6.45, 7) is 1.42. The first kappa shape index (κ1) is 26.0. The van der Waals surface area contributed by atoms with E-state index in [1.807, 2.05) is 6.07 Å². The zero-order valence-corrected chi connectivity index (χ0v) is 18.6. The molecule has 0 aromatic heterocycles. The lowest BCUT2D eigenvalue weighted by Gasteiger charge is -2.36. The number of ether oxygens (including phenoxy) is 1. The van der Waals surface area contributed by atoms with E-state index in [1.165, 1.54) is 12.1 Å². The molecule has 0 atom stereocenters. The van der Waals surface area contributed by atoms with Crippen LogP contribution < -0.4 is 5.32 Å². The van der Waals surface area contributed by atoms with E-state index in [-0.39, 0.29) is 18.3 Å². The summed E-state index contributed by atoms with van der Waals surface area (Å²) in [7, 11) is 0. The van der Waals surface area contributed by atoms with Crippen molar-refractivity contribution in [3.05, 3.63) is 73.8 Å². The molecule has 2 aromatic rings. The number of carboxylic acids is 2. The van der Waals surface area contributed by atoms with Gasteiger partial charge in [-0.1, -0.05) is 29.3 Å². The molecule has 2 aromatic carbocycles. The van der Waals surface area contributed by atoms with Crippen LogP contribution in [0.5, 0.6) is 0 Å². The average Bonchev–Trinajstić information content (AvgIpc) is 2.80. The Morgan fingerprint density at radius 3 is 2.06 bits per heavy atom. The van der Waals surface area contributed by atoms with Gasteiger partial charge in [0, 0.05) is 12.1 Å². The lowest BCUT2D eigenvalue weighted by Crippen LogP contribution is -2.46. The molecule has 176 valence electrons. The van der Waals surface area contributed by atoms with E-state index in [1.54, 1.807) is 24.3 Å². The van der Waals surface area contributed by atoms with Crippen molar-refractivity contribution in [1.29, 1.82) is 0 Å². The van der Waals surface area contributed by atoms with Crippen LogP contribution in [-0.4, -0.2) is 46.1 Å². The maximum Gasteiger partial charge on any atom is 0.414 e. The molecule has 0 radical (unpaired) electrons. The van der Waals surface area contributed by atoms with Crippen LogP contribution in [-0.2, 0) is 31.1 Å². The van der Waals surface area contributed by atoms with E-state index in [9.17, 15) is 14.9 Å². The predicted molar refractivity (Wildman–Crippen MR) is 118 cm³/mol. The highest BCUT2D eigenvalue weighted by atomic mass is 35.5. The van der Waals surface area contributed by atoms with Gasteiger partial charge in [-0.25, -0.2) is 9.59 Å².